The van der Waals surface area contributed by atoms with Crippen LogP contribution in [0.15, 0.2) is 66.0 Å². The number of nitro groups is 1. The molecular weight excluding hydrogens is 380 g/mol. The molecule has 150 valence electrons. The second-order valence-electron chi connectivity index (χ2n) is 6.93. The quantitative estimate of drug-likeness (QED) is 0.293. The number of aryl methyl sites for hydroxylation is 1. The van der Waals surface area contributed by atoms with Crippen LogP contribution < -0.4 is 5.43 Å². The van der Waals surface area contributed by atoms with E-state index in [2.05, 4.69) is 44.1 Å². The molecule has 0 unspecified atom stereocenters. The largest absolute Gasteiger partial charge is 0.325 e. The number of nitro benzene ring substituents is 1. The Balaban J connectivity index is 1.65. The number of nitrogens with zero attached hydrogens (tertiary/aromatic N) is 5. The summed E-state index contributed by atoms with van der Waals surface area (Å²) in [6.45, 7) is 4.82. The normalized spacial score (nSPS) is 11.3. The lowest BCUT2D eigenvalue weighted by Gasteiger charge is -2.08. The van der Waals surface area contributed by atoms with Crippen LogP contribution in [0.2, 0.25) is 0 Å². The number of hydrogen-bond acceptors (Lipinski definition) is 6. The number of nitrogens with one attached hydrogen (secondary N) is 1. The van der Waals surface area contributed by atoms with E-state index in [0.717, 1.165) is 22.3 Å². The molecule has 2 aromatic heterocycles. The molecule has 0 amide bonds. The van der Waals surface area contributed by atoms with Gasteiger partial charge < -0.3 is 4.57 Å². The Labute approximate surface area is 173 Å². The van der Waals surface area contributed by atoms with E-state index < -0.39 is 4.92 Å². The fourth-order valence-corrected chi connectivity index (χ4v) is 3.40. The second-order valence-corrected chi connectivity index (χ2v) is 6.93. The van der Waals surface area contributed by atoms with E-state index in [1.165, 1.54) is 30.2 Å². The molecule has 0 aliphatic heterocycles. The molecule has 4 rings (SSSR count). The van der Waals surface area contributed by atoms with Gasteiger partial charge >= 0.3 is 0 Å². The monoisotopic (exact) mass is 400 g/mol. The van der Waals surface area contributed by atoms with Crippen molar-refractivity contribution < 1.29 is 4.92 Å². The van der Waals surface area contributed by atoms with Gasteiger partial charge in [-0.1, -0.05) is 42.5 Å². The van der Waals surface area contributed by atoms with Gasteiger partial charge in [-0.25, -0.2) is 9.97 Å². The highest BCUT2D eigenvalue weighted by Gasteiger charge is 2.16. The zero-order chi connectivity index (χ0) is 21.1. The van der Waals surface area contributed by atoms with Crippen LogP contribution in [-0.4, -0.2) is 25.7 Å². The van der Waals surface area contributed by atoms with E-state index in [1.54, 1.807) is 12.1 Å². The summed E-state index contributed by atoms with van der Waals surface area (Å²) in [7, 11) is 0. The van der Waals surface area contributed by atoms with Gasteiger partial charge in [0.25, 0.3) is 5.69 Å². The molecule has 0 aliphatic rings. The first kappa shape index (κ1) is 19.3. The molecule has 30 heavy (non-hydrogen) atoms. The van der Waals surface area contributed by atoms with Gasteiger partial charge in [0, 0.05) is 29.9 Å². The third-order valence-electron chi connectivity index (χ3n) is 5.05. The van der Waals surface area contributed by atoms with E-state index in [0.29, 0.717) is 17.9 Å². The minimum atomic E-state index is -0.430. The molecule has 0 atom stereocenters. The molecule has 0 bridgehead atoms. The number of anilines is 1. The van der Waals surface area contributed by atoms with Crippen LogP contribution in [0, 0.1) is 24.0 Å². The van der Waals surface area contributed by atoms with Crippen molar-refractivity contribution in [2.45, 2.75) is 20.4 Å². The maximum atomic E-state index is 10.9. The molecule has 2 aromatic carbocycles. The zero-order valence-corrected chi connectivity index (χ0v) is 16.6. The van der Waals surface area contributed by atoms with E-state index in [1.807, 2.05) is 25.1 Å². The van der Waals surface area contributed by atoms with Crippen molar-refractivity contribution in [1.82, 2.24) is 14.5 Å². The maximum Gasteiger partial charge on any atom is 0.270 e. The lowest BCUT2D eigenvalue weighted by Crippen LogP contribution is -2.03. The Kier molecular flexibility index (Phi) is 5.21. The molecule has 0 aliphatic carbocycles. The molecule has 8 heteroatoms. The average Bonchev–Trinajstić information content (AvgIpc) is 3.00. The topological polar surface area (TPSA) is 98.2 Å². The summed E-state index contributed by atoms with van der Waals surface area (Å²) in [6, 6.07) is 16.5. The van der Waals surface area contributed by atoms with Crippen molar-refractivity contribution in [3.63, 3.8) is 0 Å². The molecule has 1 N–H and O–H groups in total. The first-order valence-corrected chi connectivity index (χ1v) is 9.42. The summed E-state index contributed by atoms with van der Waals surface area (Å²) in [6.07, 6.45) is 3.04. The summed E-state index contributed by atoms with van der Waals surface area (Å²) in [5.74, 6) is 0.592. The van der Waals surface area contributed by atoms with Crippen LogP contribution in [0.1, 0.15) is 22.4 Å². The third kappa shape index (κ3) is 3.75. The fraction of sp³-hybridized carbons (Fsp3) is 0.136. The average molecular weight is 400 g/mol. The SMILES string of the molecule is Cc1c(C)n(Cc2ccccc2)c2ncnc(N/N=C\c3cccc([N+](=O)[O-])c3)c12. The highest BCUT2D eigenvalue weighted by atomic mass is 16.6. The molecule has 0 radical (unpaired) electrons. The number of rotatable bonds is 6. The van der Waals surface area contributed by atoms with Crippen LogP contribution in [0.25, 0.3) is 11.0 Å². The lowest BCUT2D eigenvalue weighted by atomic mass is 10.2. The van der Waals surface area contributed by atoms with Crippen molar-refractivity contribution in [3.8, 4) is 0 Å². The van der Waals surface area contributed by atoms with Crippen LogP contribution in [0.3, 0.4) is 0 Å². The van der Waals surface area contributed by atoms with Gasteiger partial charge in [0.05, 0.1) is 16.5 Å². The van der Waals surface area contributed by atoms with Gasteiger partial charge in [-0.05, 0) is 25.0 Å². The van der Waals surface area contributed by atoms with Crippen molar-refractivity contribution >= 4 is 28.8 Å². The number of hydrazone groups is 1. The Morgan fingerprint density at radius 3 is 2.70 bits per heavy atom. The number of fused-ring (bicyclic) bond motifs is 1. The molecule has 0 saturated heterocycles. The highest BCUT2D eigenvalue weighted by Crippen LogP contribution is 2.29. The Morgan fingerprint density at radius 1 is 1.13 bits per heavy atom. The molecule has 0 spiro atoms. The summed E-state index contributed by atoms with van der Waals surface area (Å²) < 4.78 is 2.16. The van der Waals surface area contributed by atoms with E-state index in [-0.39, 0.29) is 5.69 Å². The summed E-state index contributed by atoms with van der Waals surface area (Å²) in [4.78, 5) is 19.3. The Morgan fingerprint density at radius 2 is 1.93 bits per heavy atom. The smallest absolute Gasteiger partial charge is 0.270 e. The van der Waals surface area contributed by atoms with Crippen molar-refractivity contribution in [1.29, 1.82) is 0 Å². The molecule has 4 aromatic rings. The first-order valence-electron chi connectivity index (χ1n) is 9.42. The van der Waals surface area contributed by atoms with Crippen LogP contribution in [-0.2, 0) is 6.54 Å². The third-order valence-corrected chi connectivity index (χ3v) is 5.05. The predicted octanol–water partition coefficient (Wildman–Crippen LogP) is 4.45. The number of non-ortho nitro benzene ring substituents is 1. The van der Waals surface area contributed by atoms with Gasteiger partial charge in [0.2, 0.25) is 0 Å². The summed E-state index contributed by atoms with van der Waals surface area (Å²) >= 11 is 0. The molecule has 2 heterocycles. The Hall–Kier alpha value is -4.07. The minimum Gasteiger partial charge on any atom is -0.325 e. The highest BCUT2D eigenvalue weighted by molar-refractivity contribution is 5.92. The zero-order valence-electron chi connectivity index (χ0n) is 16.6. The molecule has 0 fully saturated rings. The molecule has 8 nitrogen and oxygen atoms in total. The fourth-order valence-electron chi connectivity index (χ4n) is 3.40. The van der Waals surface area contributed by atoms with Gasteiger partial charge in [-0.3, -0.25) is 15.5 Å². The summed E-state index contributed by atoms with van der Waals surface area (Å²) in [5.41, 5.74) is 7.82. The van der Waals surface area contributed by atoms with E-state index >= 15 is 0 Å². The number of aromatic nitrogens is 3. The second kappa shape index (κ2) is 8.12. The predicted molar refractivity (Wildman–Crippen MR) is 117 cm³/mol. The minimum absolute atomic E-state index is 0.0211. The summed E-state index contributed by atoms with van der Waals surface area (Å²) in [5, 5.41) is 16.1. The van der Waals surface area contributed by atoms with E-state index in [9.17, 15) is 10.1 Å². The van der Waals surface area contributed by atoms with Gasteiger partial charge in [0.15, 0.2) is 5.82 Å². The maximum absolute atomic E-state index is 10.9. The van der Waals surface area contributed by atoms with Crippen LogP contribution >= 0.6 is 0 Å². The number of benzene rings is 2. The van der Waals surface area contributed by atoms with Crippen LogP contribution in [0.4, 0.5) is 11.5 Å². The van der Waals surface area contributed by atoms with Gasteiger partial charge in [-0.15, -0.1) is 0 Å². The lowest BCUT2D eigenvalue weighted by molar-refractivity contribution is -0.384. The Bertz CT molecular complexity index is 1250. The van der Waals surface area contributed by atoms with Crippen molar-refractivity contribution in [3.05, 3.63) is 93.4 Å². The molecular formula is C22H20N6O2. The molecule has 0 saturated carbocycles. The van der Waals surface area contributed by atoms with Crippen LogP contribution in [0.5, 0.6) is 0 Å². The van der Waals surface area contributed by atoms with Gasteiger partial charge in [0.1, 0.15) is 12.0 Å². The standard InChI is InChI=1S/C22H20N6O2/c1-15-16(2)27(13-17-7-4-3-5-8-17)22-20(15)21(23-14-24-22)26-25-12-18-9-6-10-19(11-18)28(29)30/h3-12,14H,13H2,1-2H3,(H,23,24,26)/b25-12-. The van der Waals surface area contributed by atoms with Gasteiger partial charge in [-0.2, -0.15) is 5.10 Å². The first-order chi connectivity index (χ1) is 14.5. The van der Waals surface area contributed by atoms with E-state index in [4.69, 9.17) is 0 Å². The number of hydrogen-bond donors (Lipinski definition) is 1. The van der Waals surface area contributed by atoms with Crippen molar-refractivity contribution in [2.75, 3.05) is 5.43 Å². The van der Waals surface area contributed by atoms with Crippen molar-refractivity contribution in [2.24, 2.45) is 5.10 Å².